The van der Waals surface area contributed by atoms with Crippen molar-refractivity contribution in [2.24, 2.45) is 0 Å². The number of hydrogen-bond donors (Lipinski definition) is 2. The van der Waals surface area contributed by atoms with E-state index in [0.717, 1.165) is 12.8 Å². The summed E-state index contributed by atoms with van der Waals surface area (Å²) in [5, 5.41) is 12.6. The summed E-state index contributed by atoms with van der Waals surface area (Å²) in [6, 6.07) is 2.10. The van der Waals surface area contributed by atoms with Crippen molar-refractivity contribution >= 4 is 0 Å². The second kappa shape index (κ2) is 9.63. The minimum Gasteiger partial charge on any atom is -0.652 e. The van der Waals surface area contributed by atoms with Crippen LogP contribution in [0.1, 0.15) is 74.7 Å². The largest absolute Gasteiger partial charge is 2.00 e. The number of nitrogens with zero attached hydrogens (tertiary/aromatic N) is 1. The van der Waals surface area contributed by atoms with E-state index in [-0.39, 0.29) is 35.3 Å². The van der Waals surface area contributed by atoms with Crippen LogP contribution >= 0.6 is 0 Å². The summed E-state index contributed by atoms with van der Waals surface area (Å²) in [5.74, 6) is 0. The summed E-state index contributed by atoms with van der Waals surface area (Å²) >= 11 is 0. The number of rotatable bonds is 0. The third-order valence-electron chi connectivity index (χ3n) is 4.06. The molecule has 1 radical (unpaired) electrons. The molecule has 0 aliphatic carbocycles. The Morgan fingerprint density at radius 2 is 1.05 bits per heavy atom. The summed E-state index contributed by atoms with van der Waals surface area (Å²) in [4.78, 5) is 0. The molecular formula is C18H39CoN3. The van der Waals surface area contributed by atoms with E-state index in [1.807, 2.05) is 0 Å². The molecular weight excluding hydrogens is 317 g/mol. The van der Waals surface area contributed by atoms with Gasteiger partial charge in [-0.1, -0.05) is 40.5 Å². The van der Waals surface area contributed by atoms with E-state index in [1.165, 1.54) is 6.42 Å². The molecule has 135 valence electrons. The molecule has 0 amide bonds. The molecule has 0 saturated carbocycles. The summed E-state index contributed by atoms with van der Waals surface area (Å²) in [6.45, 7) is 18.2. The van der Waals surface area contributed by atoms with Crippen molar-refractivity contribution in [3.8, 4) is 0 Å². The first-order valence-electron chi connectivity index (χ1n) is 8.25. The second-order valence-electron chi connectivity index (χ2n) is 8.32. The number of hydrogen-bond acceptors (Lipinski definition) is 2. The molecule has 4 unspecified atom stereocenters. The van der Waals surface area contributed by atoms with E-state index in [1.54, 1.807) is 0 Å². The minimum absolute atomic E-state index is 0. The third kappa shape index (κ3) is 9.51. The monoisotopic (exact) mass is 356 g/mol. The van der Waals surface area contributed by atoms with Crippen LogP contribution in [0.25, 0.3) is 5.32 Å². The van der Waals surface area contributed by atoms with Gasteiger partial charge in [0.15, 0.2) is 0 Å². The predicted molar refractivity (Wildman–Crippen MR) is 95.9 cm³/mol. The Labute approximate surface area is 150 Å². The molecule has 1 heterocycles. The normalized spacial score (nSPS) is 36.0. The van der Waals surface area contributed by atoms with Gasteiger partial charge < -0.3 is 23.4 Å². The molecule has 1 fully saturated rings. The van der Waals surface area contributed by atoms with Crippen LogP contribution in [0.15, 0.2) is 0 Å². The standard InChI is InChI=1S/C17H36N3.CH3.Co/c1-12-9-13(2)19-15(4)11-17(7,8)20-16(5,6)10-14(3)18-12;;/h12-15,18-19H,9-11H2,1-8H3;1H3;/q2*-1;+2. The minimum atomic E-state index is 0. The zero-order valence-electron chi connectivity index (χ0n) is 16.2. The van der Waals surface area contributed by atoms with Crippen LogP contribution in [-0.2, 0) is 16.8 Å². The maximum atomic E-state index is 5.15. The van der Waals surface area contributed by atoms with E-state index in [4.69, 9.17) is 5.32 Å². The first kappa shape index (κ1) is 24.6. The molecule has 1 aliphatic rings. The van der Waals surface area contributed by atoms with Gasteiger partial charge in [-0.15, -0.1) is 11.1 Å². The Hall–Kier alpha value is 0.386. The second-order valence-corrected chi connectivity index (χ2v) is 8.32. The van der Waals surface area contributed by atoms with Gasteiger partial charge in [0, 0.05) is 24.2 Å². The van der Waals surface area contributed by atoms with Crippen molar-refractivity contribution in [2.45, 2.75) is 110 Å². The molecule has 1 aliphatic heterocycles. The van der Waals surface area contributed by atoms with Crippen LogP contribution in [0.3, 0.4) is 0 Å². The van der Waals surface area contributed by atoms with Crippen molar-refractivity contribution in [1.29, 1.82) is 0 Å². The van der Waals surface area contributed by atoms with Gasteiger partial charge in [-0.2, -0.15) is 0 Å². The fourth-order valence-electron chi connectivity index (χ4n) is 4.16. The van der Waals surface area contributed by atoms with Crippen LogP contribution in [0.5, 0.6) is 0 Å². The van der Waals surface area contributed by atoms with Crippen LogP contribution in [0.4, 0.5) is 0 Å². The molecule has 2 N–H and O–H groups in total. The molecule has 0 aromatic rings. The first-order chi connectivity index (χ1) is 8.99. The van der Waals surface area contributed by atoms with Crippen molar-refractivity contribution in [1.82, 2.24) is 10.6 Å². The molecule has 4 atom stereocenters. The van der Waals surface area contributed by atoms with E-state index < -0.39 is 0 Å². The van der Waals surface area contributed by atoms with Gasteiger partial charge in [-0.25, -0.2) is 0 Å². The average molecular weight is 356 g/mol. The van der Waals surface area contributed by atoms with Crippen molar-refractivity contribution in [3.63, 3.8) is 0 Å². The topological polar surface area (TPSA) is 38.2 Å². The molecule has 4 heteroatoms. The summed E-state index contributed by atoms with van der Waals surface area (Å²) in [5.41, 5.74) is 0.0559. The Balaban J connectivity index is 0. The van der Waals surface area contributed by atoms with Crippen LogP contribution in [0, 0.1) is 7.43 Å². The predicted octanol–water partition coefficient (Wildman–Crippen LogP) is 4.28. The maximum Gasteiger partial charge on any atom is 2.00 e. The van der Waals surface area contributed by atoms with Gasteiger partial charge in [-0.05, 0) is 34.1 Å². The van der Waals surface area contributed by atoms with Gasteiger partial charge in [0.05, 0.1) is 0 Å². The Bertz CT molecular complexity index is 277. The van der Waals surface area contributed by atoms with E-state index >= 15 is 0 Å². The summed E-state index contributed by atoms with van der Waals surface area (Å²) < 4.78 is 0. The van der Waals surface area contributed by atoms with E-state index in [0.29, 0.717) is 24.2 Å². The smallest absolute Gasteiger partial charge is 0.652 e. The van der Waals surface area contributed by atoms with Gasteiger partial charge in [-0.3, -0.25) is 0 Å². The molecule has 1 saturated heterocycles. The fourth-order valence-corrected chi connectivity index (χ4v) is 4.16. The van der Waals surface area contributed by atoms with Gasteiger partial charge in [0.1, 0.15) is 0 Å². The van der Waals surface area contributed by atoms with E-state index in [9.17, 15) is 0 Å². The Morgan fingerprint density at radius 1 is 0.727 bits per heavy atom. The summed E-state index contributed by atoms with van der Waals surface area (Å²) in [7, 11) is 0. The Morgan fingerprint density at radius 3 is 1.36 bits per heavy atom. The SMILES string of the molecule is CC1CC(C)NC(C)CC(C)(C)[N-]C(C)(C)CC(C)N1.[CH3-].[Co+2]. The van der Waals surface area contributed by atoms with Gasteiger partial charge in [0.25, 0.3) is 0 Å². The maximum absolute atomic E-state index is 5.15. The zero-order valence-corrected chi connectivity index (χ0v) is 17.3. The van der Waals surface area contributed by atoms with E-state index in [2.05, 4.69) is 66.0 Å². The molecule has 0 aromatic carbocycles. The van der Waals surface area contributed by atoms with Gasteiger partial charge >= 0.3 is 16.8 Å². The van der Waals surface area contributed by atoms with Crippen LogP contribution < -0.4 is 10.6 Å². The van der Waals surface area contributed by atoms with Crippen LogP contribution in [-0.4, -0.2) is 35.2 Å². The van der Waals surface area contributed by atoms with Crippen LogP contribution in [0.2, 0.25) is 0 Å². The Kier molecular flexibility index (Phi) is 10.8. The molecule has 22 heavy (non-hydrogen) atoms. The first-order valence-corrected chi connectivity index (χ1v) is 8.25. The molecule has 3 nitrogen and oxygen atoms in total. The number of nitrogens with one attached hydrogen (secondary N) is 2. The quantitative estimate of drug-likeness (QED) is 0.636. The van der Waals surface area contributed by atoms with Crippen molar-refractivity contribution in [2.75, 3.05) is 0 Å². The average Bonchev–Trinajstić information content (AvgIpc) is 2.08. The molecule has 0 aromatic heterocycles. The van der Waals surface area contributed by atoms with Crippen molar-refractivity contribution < 1.29 is 16.8 Å². The van der Waals surface area contributed by atoms with Crippen molar-refractivity contribution in [3.05, 3.63) is 12.7 Å². The zero-order chi connectivity index (χ0) is 15.6. The summed E-state index contributed by atoms with van der Waals surface area (Å²) in [6.07, 6.45) is 3.36. The molecule has 1 rings (SSSR count). The fraction of sp³-hybridized carbons (Fsp3) is 0.944. The molecule has 0 spiro atoms. The van der Waals surface area contributed by atoms with Gasteiger partial charge in [0.2, 0.25) is 0 Å². The third-order valence-corrected chi connectivity index (χ3v) is 4.06. The molecule has 0 bridgehead atoms.